The molecule has 2 aliphatic rings. The van der Waals surface area contributed by atoms with E-state index in [2.05, 4.69) is 27.3 Å². The Morgan fingerprint density at radius 1 is 1.30 bits per heavy atom. The minimum atomic E-state index is -0.722. The number of nitrogens with one attached hydrogen (secondary N) is 1. The maximum Gasteiger partial charge on any atom is 0.327 e. The third kappa shape index (κ3) is 4.51. The highest BCUT2D eigenvalue weighted by Gasteiger charge is 2.55. The Labute approximate surface area is 176 Å². The molecule has 6 nitrogen and oxygen atoms in total. The minimum Gasteiger partial charge on any atom is -0.354 e. The molecular formula is C18H24BrN3O3S2. The molecule has 0 atom stereocenters. The van der Waals surface area contributed by atoms with Gasteiger partial charge in [0, 0.05) is 30.0 Å². The molecule has 1 aliphatic carbocycles. The minimum absolute atomic E-state index is 0.188. The third-order valence-corrected chi connectivity index (χ3v) is 8.04. The molecular weight excluding hydrogens is 450 g/mol. The summed E-state index contributed by atoms with van der Waals surface area (Å²) >= 11 is 6.89. The molecule has 2 fully saturated rings. The summed E-state index contributed by atoms with van der Waals surface area (Å²) in [6, 6.07) is 3.76. The number of hydrogen-bond donors (Lipinski definition) is 1. The van der Waals surface area contributed by atoms with Crippen molar-refractivity contribution in [2.45, 2.75) is 43.4 Å². The largest absolute Gasteiger partial charge is 0.354 e. The average Bonchev–Trinajstić information content (AvgIpc) is 3.15. The Bertz CT molecular complexity index is 718. The SMILES string of the molecule is CN1C(=O)N(CC(=O)NCCSCc2ccc(Br)s2)C(=O)C12CCCCC2. The second-order valence-electron chi connectivity index (χ2n) is 6.93. The normalized spacial score (nSPS) is 19.2. The first kappa shape index (κ1) is 20.7. The van der Waals surface area contributed by atoms with E-state index in [0.717, 1.165) is 39.5 Å². The lowest BCUT2D eigenvalue weighted by atomic mass is 9.81. The van der Waals surface area contributed by atoms with Gasteiger partial charge in [0.15, 0.2) is 0 Å². The van der Waals surface area contributed by atoms with Crippen LogP contribution < -0.4 is 5.32 Å². The maximum absolute atomic E-state index is 12.9. The Kier molecular flexibility index (Phi) is 6.86. The molecule has 0 bridgehead atoms. The van der Waals surface area contributed by atoms with E-state index in [1.807, 2.05) is 6.07 Å². The highest BCUT2D eigenvalue weighted by Crippen LogP contribution is 2.39. The van der Waals surface area contributed by atoms with E-state index in [1.165, 1.54) is 4.88 Å². The number of halogens is 1. The molecule has 1 saturated carbocycles. The molecule has 1 saturated heterocycles. The zero-order valence-electron chi connectivity index (χ0n) is 15.3. The van der Waals surface area contributed by atoms with Crippen molar-refractivity contribution in [3.8, 4) is 0 Å². The highest BCUT2D eigenvalue weighted by molar-refractivity contribution is 9.11. The van der Waals surface area contributed by atoms with Gasteiger partial charge >= 0.3 is 6.03 Å². The van der Waals surface area contributed by atoms with Crippen LogP contribution >= 0.6 is 39.0 Å². The number of nitrogens with zero attached hydrogens (tertiary/aromatic N) is 2. The van der Waals surface area contributed by atoms with Gasteiger partial charge in [-0.2, -0.15) is 11.8 Å². The molecule has 3 rings (SSSR count). The Hall–Kier alpha value is -1.06. The highest BCUT2D eigenvalue weighted by atomic mass is 79.9. The lowest BCUT2D eigenvalue weighted by Crippen LogP contribution is -2.49. The molecule has 27 heavy (non-hydrogen) atoms. The molecule has 148 valence electrons. The van der Waals surface area contributed by atoms with E-state index in [1.54, 1.807) is 35.0 Å². The Balaban J connectivity index is 1.43. The van der Waals surface area contributed by atoms with Gasteiger partial charge in [-0.05, 0) is 40.9 Å². The van der Waals surface area contributed by atoms with Crippen molar-refractivity contribution in [3.05, 3.63) is 20.8 Å². The van der Waals surface area contributed by atoms with Crippen LogP contribution in [0.1, 0.15) is 37.0 Å². The van der Waals surface area contributed by atoms with Crippen LogP contribution in [0.4, 0.5) is 4.79 Å². The second kappa shape index (κ2) is 8.96. The predicted octanol–water partition coefficient (Wildman–Crippen LogP) is 3.46. The van der Waals surface area contributed by atoms with E-state index in [4.69, 9.17) is 0 Å². The number of carbonyl (C=O) groups excluding carboxylic acids is 3. The van der Waals surface area contributed by atoms with Crippen molar-refractivity contribution < 1.29 is 14.4 Å². The summed E-state index contributed by atoms with van der Waals surface area (Å²) < 4.78 is 1.12. The molecule has 1 N–H and O–H groups in total. The fourth-order valence-corrected chi connectivity index (χ4v) is 6.19. The number of carbonyl (C=O) groups is 3. The standard InChI is InChI=1S/C18H24BrN3O3S2/c1-21-17(25)22(16(24)18(21)7-3-2-4-8-18)11-15(23)20-9-10-26-12-13-5-6-14(19)27-13/h5-6H,2-4,7-12H2,1H3,(H,20,23). The van der Waals surface area contributed by atoms with E-state index < -0.39 is 5.54 Å². The summed E-state index contributed by atoms with van der Waals surface area (Å²) in [6.07, 6.45) is 4.38. The molecule has 2 heterocycles. The fourth-order valence-electron chi connectivity index (χ4n) is 3.74. The second-order valence-corrected chi connectivity index (χ2v) is 10.6. The van der Waals surface area contributed by atoms with E-state index >= 15 is 0 Å². The van der Waals surface area contributed by atoms with Crippen LogP contribution in [0.2, 0.25) is 0 Å². The average molecular weight is 474 g/mol. The van der Waals surface area contributed by atoms with Crippen LogP contribution in [-0.2, 0) is 15.3 Å². The molecule has 0 radical (unpaired) electrons. The van der Waals surface area contributed by atoms with Crippen LogP contribution in [-0.4, -0.2) is 59.1 Å². The Morgan fingerprint density at radius 3 is 2.70 bits per heavy atom. The number of amides is 4. The predicted molar refractivity (Wildman–Crippen MR) is 112 cm³/mol. The molecule has 9 heteroatoms. The number of hydrogen-bond acceptors (Lipinski definition) is 5. The topological polar surface area (TPSA) is 69.7 Å². The molecule has 1 aliphatic heterocycles. The van der Waals surface area contributed by atoms with Gasteiger partial charge in [0.2, 0.25) is 5.91 Å². The van der Waals surface area contributed by atoms with Gasteiger partial charge in [0.25, 0.3) is 5.91 Å². The van der Waals surface area contributed by atoms with Crippen molar-refractivity contribution in [2.24, 2.45) is 0 Å². The van der Waals surface area contributed by atoms with Gasteiger partial charge in [-0.15, -0.1) is 11.3 Å². The van der Waals surface area contributed by atoms with Crippen LogP contribution in [0.3, 0.4) is 0 Å². The molecule has 0 aromatic carbocycles. The van der Waals surface area contributed by atoms with Gasteiger partial charge in [-0.3, -0.25) is 14.5 Å². The number of imide groups is 1. The van der Waals surface area contributed by atoms with Crippen molar-refractivity contribution in [2.75, 3.05) is 25.9 Å². The van der Waals surface area contributed by atoms with Crippen LogP contribution in [0.5, 0.6) is 0 Å². The first-order chi connectivity index (χ1) is 12.9. The van der Waals surface area contributed by atoms with E-state index in [0.29, 0.717) is 19.4 Å². The van der Waals surface area contributed by atoms with Crippen molar-refractivity contribution in [1.82, 2.24) is 15.1 Å². The van der Waals surface area contributed by atoms with Crippen molar-refractivity contribution >= 4 is 56.9 Å². The monoisotopic (exact) mass is 473 g/mol. The molecule has 0 unspecified atom stereocenters. The summed E-state index contributed by atoms with van der Waals surface area (Å²) in [4.78, 5) is 41.5. The number of thiophene rings is 1. The molecule has 4 amide bonds. The number of urea groups is 1. The smallest absolute Gasteiger partial charge is 0.327 e. The summed E-state index contributed by atoms with van der Waals surface area (Å²) in [7, 11) is 1.68. The fraction of sp³-hybridized carbons (Fsp3) is 0.611. The van der Waals surface area contributed by atoms with Gasteiger partial charge in [0.05, 0.1) is 3.79 Å². The summed E-state index contributed by atoms with van der Waals surface area (Å²) in [5.74, 6) is 1.20. The maximum atomic E-state index is 12.9. The third-order valence-electron chi connectivity index (χ3n) is 5.23. The quantitative estimate of drug-likeness (QED) is 0.486. The molecule has 1 aromatic heterocycles. The van der Waals surface area contributed by atoms with Crippen LogP contribution in [0.25, 0.3) is 0 Å². The lowest BCUT2D eigenvalue weighted by molar-refractivity contribution is -0.137. The molecule has 1 aromatic rings. The van der Waals surface area contributed by atoms with Crippen molar-refractivity contribution in [1.29, 1.82) is 0 Å². The van der Waals surface area contributed by atoms with Crippen LogP contribution in [0, 0.1) is 0 Å². The summed E-state index contributed by atoms with van der Waals surface area (Å²) in [5.41, 5.74) is -0.722. The first-order valence-corrected chi connectivity index (χ1v) is 11.9. The number of rotatable bonds is 7. The van der Waals surface area contributed by atoms with Gasteiger partial charge in [0.1, 0.15) is 12.1 Å². The Morgan fingerprint density at radius 2 is 2.04 bits per heavy atom. The molecule has 1 spiro atoms. The van der Waals surface area contributed by atoms with E-state index in [-0.39, 0.29) is 24.4 Å². The zero-order valence-corrected chi connectivity index (χ0v) is 18.6. The zero-order chi connectivity index (χ0) is 19.4. The van der Waals surface area contributed by atoms with Gasteiger partial charge in [-0.1, -0.05) is 19.3 Å². The number of likely N-dealkylation sites (N-methyl/N-ethyl adjacent to an activating group) is 1. The van der Waals surface area contributed by atoms with E-state index in [9.17, 15) is 14.4 Å². The first-order valence-electron chi connectivity index (χ1n) is 9.12. The van der Waals surface area contributed by atoms with Gasteiger partial charge in [-0.25, -0.2) is 4.79 Å². The summed E-state index contributed by atoms with van der Waals surface area (Å²) in [6.45, 7) is 0.333. The van der Waals surface area contributed by atoms with Crippen LogP contribution in [0.15, 0.2) is 15.9 Å². The van der Waals surface area contributed by atoms with Gasteiger partial charge < -0.3 is 10.2 Å². The number of thioether (sulfide) groups is 1. The summed E-state index contributed by atoms with van der Waals surface area (Å²) in [5, 5.41) is 2.82. The lowest BCUT2D eigenvalue weighted by Gasteiger charge is -2.35. The van der Waals surface area contributed by atoms with Crippen molar-refractivity contribution in [3.63, 3.8) is 0 Å².